The number of nitrogens with zero attached hydrogens (tertiary/aromatic N) is 2. The summed E-state index contributed by atoms with van der Waals surface area (Å²) in [6.07, 6.45) is 2.80. The lowest BCUT2D eigenvalue weighted by Crippen LogP contribution is -2.15. The minimum Gasteiger partial charge on any atom is -0.453 e. The predicted molar refractivity (Wildman–Crippen MR) is 80.5 cm³/mol. The summed E-state index contributed by atoms with van der Waals surface area (Å²) >= 11 is 2.15. The molecule has 0 bridgehead atoms. The average Bonchev–Trinajstić information content (AvgIpc) is 2.46. The maximum Gasteiger partial charge on any atom is 0.358 e. The van der Waals surface area contributed by atoms with Gasteiger partial charge in [-0.1, -0.05) is 12.1 Å². The molecule has 0 saturated heterocycles. The lowest BCUT2D eigenvalue weighted by atomic mass is 10.1. The SMILES string of the molecule is Cc1cnc(C(=O)OCC(=O)c2ccc(I)cc2)cn1. The van der Waals surface area contributed by atoms with Crippen molar-refractivity contribution in [1.82, 2.24) is 9.97 Å². The number of benzene rings is 1. The molecule has 0 atom stereocenters. The van der Waals surface area contributed by atoms with E-state index in [1.165, 1.54) is 12.4 Å². The molecule has 5 nitrogen and oxygen atoms in total. The van der Waals surface area contributed by atoms with Gasteiger partial charge in [-0.2, -0.15) is 0 Å². The van der Waals surface area contributed by atoms with Gasteiger partial charge in [0.05, 0.1) is 11.9 Å². The average molecular weight is 382 g/mol. The van der Waals surface area contributed by atoms with E-state index in [0.29, 0.717) is 11.3 Å². The van der Waals surface area contributed by atoms with E-state index in [1.807, 2.05) is 12.1 Å². The fourth-order valence-corrected chi connectivity index (χ4v) is 1.78. The van der Waals surface area contributed by atoms with Crippen LogP contribution >= 0.6 is 22.6 Å². The minimum atomic E-state index is -0.656. The van der Waals surface area contributed by atoms with Crippen LogP contribution in [0.3, 0.4) is 0 Å². The minimum absolute atomic E-state index is 0.0889. The van der Waals surface area contributed by atoms with E-state index in [1.54, 1.807) is 19.1 Å². The highest BCUT2D eigenvalue weighted by atomic mass is 127. The Morgan fingerprint density at radius 2 is 1.85 bits per heavy atom. The summed E-state index contributed by atoms with van der Waals surface area (Å²) in [4.78, 5) is 31.3. The molecule has 0 aliphatic heterocycles. The molecule has 0 N–H and O–H groups in total. The van der Waals surface area contributed by atoms with E-state index in [9.17, 15) is 9.59 Å². The Balaban J connectivity index is 1.94. The Bertz CT molecular complexity index is 566. The smallest absolute Gasteiger partial charge is 0.358 e. The van der Waals surface area contributed by atoms with Gasteiger partial charge >= 0.3 is 5.97 Å². The molecule has 2 aromatic rings. The summed E-state index contributed by atoms with van der Waals surface area (Å²) < 4.78 is 5.95. The molecule has 0 aliphatic carbocycles. The van der Waals surface area contributed by atoms with Crippen molar-refractivity contribution in [2.75, 3.05) is 6.61 Å². The molecular formula is C14H11IN2O3. The molecule has 0 spiro atoms. The Labute approximate surface area is 129 Å². The number of hydrogen-bond acceptors (Lipinski definition) is 5. The van der Waals surface area contributed by atoms with Gasteiger partial charge in [0.1, 0.15) is 0 Å². The van der Waals surface area contributed by atoms with E-state index in [2.05, 4.69) is 32.6 Å². The van der Waals surface area contributed by atoms with Gasteiger partial charge in [-0.15, -0.1) is 0 Å². The van der Waals surface area contributed by atoms with Crippen molar-refractivity contribution in [2.24, 2.45) is 0 Å². The van der Waals surface area contributed by atoms with E-state index < -0.39 is 5.97 Å². The molecule has 1 aromatic carbocycles. The number of ether oxygens (including phenoxy) is 1. The third-order valence-electron chi connectivity index (χ3n) is 2.49. The molecule has 2 rings (SSSR count). The summed E-state index contributed by atoms with van der Waals surface area (Å²) in [7, 11) is 0. The number of esters is 1. The topological polar surface area (TPSA) is 69.2 Å². The van der Waals surface area contributed by atoms with Crippen LogP contribution in [-0.4, -0.2) is 28.3 Å². The summed E-state index contributed by atoms with van der Waals surface area (Å²) in [5.74, 6) is -0.911. The van der Waals surface area contributed by atoms with Crippen molar-refractivity contribution in [3.8, 4) is 0 Å². The number of Topliss-reactive ketones (excluding diaryl/α,β-unsaturated/α-hetero) is 1. The maximum atomic E-state index is 11.8. The van der Waals surface area contributed by atoms with Crippen LogP contribution in [0.25, 0.3) is 0 Å². The number of ketones is 1. The molecule has 1 heterocycles. The highest BCUT2D eigenvalue weighted by Crippen LogP contribution is 2.08. The zero-order valence-electron chi connectivity index (χ0n) is 10.7. The highest BCUT2D eigenvalue weighted by Gasteiger charge is 2.13. The Morgan fingerprint density at radius 3 is 2.45 bits per heavy atom. The van der Waals surface area contributed by atoms with E-state index in [-0.39, 0.29) is 18.1 Å². The normalized spacial score (nSPS) is 10.1. The van der Waals surface area contributed by atoms with Crippen molar-refractivity contribution in [1.29, 1.82) is 0 Å². The van der Waals surface area contributed by atoms with Crippen molar-refractivity contribution < 1.29 is 14.3 Å². The molecule has 1 aromatic heterocycles. The lowest BCUT2D eigenvalue weighted by Gasteiger charge is -2.04. The van der Waals surface area contributed by atoms with Crippen molar-refractivity contribution in [2.45, 2.75) is 6.92 Å². The first-order chi connectivity index (χ1) is 9.56. The van der Waals surface area contributed by atoms with Gasteiger partial charge in [0, 0.05) is 15.3 Å². The summed E-state index contributed by atoms with van der Waals surface area (Å²) in [6, 6.07) is 7.04. The second-order valence-corrected chi connectivity index (χ2v) is 5.29. The standard InChI is InChI=1S/C14H11IN2O3/c1-9-6-17-12(7-16-9)14(19)20-8-13(18)10-2-4-11(15)5-3-10/h2-7H,8H2,1H3. The quantitative estimate of drug-likeness (QED) is 0.462. The van der Waals surface area contributed by atoms with Crippen LogP contribution in [0.15, 0.2) is 36.7 Å². The van der Waals surface area contributed by atoms with Crippen LogP contribution in [0.2, 0.25) is 0 Å². The van der Waals surface area contributed by atoms with Crippen molar-refractivity contribution in [3.05, 3.63) is 57.2 Å². The first-order valence-corrected chi connectivity index (χ1v) is 6.88. The van der Waals surface area contributed by atoms with Gasteiger partial charge in [0.15, 0.2) is 18.1 Å². The number of carbonyl (C=O) groups is 2. The summed E-state index contributed by atoms with van der Waals surface area (Å²) in [5, 5.41) is 0. The van der Waals surface area contributed by atoms with E-state index >= 15 is 0 Å². The Hall–Kier alpha value is -1.83. The molecule has 6 heteroatoms. The third-order valence-corrected chi connectivity index (χ3v) is 3.21. The van der Waals surface area contributed by atoms with Crippen LogP contribution in [0.1, 0.15) is 26.5 Å². The first kappa shape index (κ1) is 14.6. The zero-order chi connectivity index (χ0) is 14.5. The maximum absolute atomic E-state index is 11.8. The van der Waals surface area contributed by atoms with Crippen molar-refractivity contribution in [3.63, 3.8) is 0 Å². The van der Waals surface area contributed by atoms with E-state index in [0.717, 1.165) is 3.57 Å². The fraction of sp³-hybridized carbons (Fsp3) is 0.143. The molecule has 0 fully saturated rings. The van der Waals surface area contributed by atoms with Crippen LogP contribution in [0, 0.1) is 10.5 Å². The molecule has 0 unspecified atom stereocenters. The number of hydrogen-bond donors (Lipinski definition) is 0. The highest BCUT2D eigenvalue weighted by molar-refractivity contribution is 14.1. The number of aryl methyl sites for hydroxylation is 1. The van der Waals surface area contributed by atoms with Crippen LogP contribution < -0.4 is 0 Å². The first-order valence-electron chi connectivity index (χ1n) is 5.81. The number of rotatable bonds is 4. The van der Waals surface area contributed by atoms with Gasteiger partial charge < -0.3 is 4.74 Å². The predicted octanol–water partition coefficient (Wildman–Crippen LogP) is 2.43. The van der Waals surface area contributed by atoms with Crippen LogP contribution in [0.5, 0.6) is 0 Å². The van der Waals surface area contributed by atoms with E-state index in [4.69, 9.17) is 4.74 Å². The molecule has 20 heavy (non-hydrogen) atoms. The molecule has 0 radical (unpaired) electrons. The van der Waals surface area contributed by atoms with Gasteiger partial charge in [0.2, 0.25) is 0 Å². The molecule has 102 valence electrons. The Kier molecular flexibility index (Phi) is 4.78. The molecule has 0 amide bonds. The van der Waals surface area contributed by atoms with Crippen LogP contribution in [0.4, 0.5) is 0 Å². The van der Waals surface area contributed by atoms with Gasteiger partial charge in [-0.3, -0.25) is 9.78 Å². The number of halogens is 1. The number of aromatic nitrogens is 2. The summed E-state index contributed by atoms with van der Waals surface area (Å²) in [5.41, 5.74) is 1.30. The largest absolute Gasteiger partial charge is 0.453 e. The summed E-state index contributed by atoms with van der Waals surface area (Å²) in [6.45, 7) is 1.46. The second kappa shape index (κ2) is 6.56. The lowest BCUT2D eigenvalue weighted by molar-refractivity contribution is 0.0468. The van der Waals surface area contributed by atoms with Gasteiger partial charge in [0.25, 0.3) is 0 Å². The monoisotopic (exact) mass is 382 g/mol. The van der Waals surface area contributed by atoms with Crippen molar-refractivity contribution >= 4 is 34.3 Å². The fourth-order valence-electron chi connectivity index (χ4n) is 1.42. The van der Waals surface area contributed by atoms with Gasteiger partial charge in [-0.05, 0) is 41.6 Å². The van der Waals surface area contributed by atoms with Gasteiger partial charge in [-0.25, -0.2) is 9.78 Å². The zero-order valence-corrected chi connectivity index (χ0v) is 12.8. The van der Waals surface area contributed by atoms with Crippen LogP contribution in [-0.2, 0) is 4.74 Å². The molecular weight excluding hydrogens is 371 g/mol. The molecule has 0 saturated carbocycles. The molecule has 0 aliphatic rings. The third kappa shape index (κ3) is 3.83. The number of carbonyl (C=O) groups excluding carboxylic acids is 2. The Morgan fingerprint density at radius 1 is 1.15 bits per heavy atom. The second-order valence-electron chi connectivity index (χ2n) is 4.05.